The van der Waals surface area contributed by atoms with Gasteiger partial charge in [-0.05, 0) is 18.2 Å². The highest BCUT2D eigenvalue weighted by Crippen LogP contribution is 2.16. The summed E-state index contributed by atoms with van der Waals surface area (Å²) < 4.78 is 18.1. The van der Waals surface area contributed by atoms with Crippen LogP contribution in [0.1, 0.15) is 20.7 Å². The Morgan fingerprint density at radius 1 is 1.50 bits per heavy atom. The maximum atomic E-state index is 11.2. The monoisotopic (exact) mass is 241 g/mol. The summed E-state index contributed by atoms with van der Waals surface area (Å²) in [5.41, 5.74) is 0.957. The van der Waals surface area contributed by atoms with Gasteiger partial charge in [0.15, 0.2) is 6.29 Å². The molecule has 6 heteroatoms. The maximum absolute atomic E-state index is 11.2. The Hall–Kier alpha value is -1.69. The van der Waals surface area contributed by atoms with Crippen LogP contribution in [0.2, 0.25) is 0 Å². The lowest BCUT2D eigenvalue weighted by molar-refractivity contribution is 0.0601. The van der Waals surface area contributed by atoms with Crippen molar-refractivity contribution in [2.45, 2.75) is 0 Å². The molecule has 0 aliphatic rings. The minimum atomic E-state index is -1.27. The number of carbonyl (C=O) groups excluding carboxylic acids is 2. The molecule has 5 nitrogen and oxygen atoms in total. The van der Waals surface area contributed by atoms with Crippen LogP contribution in [0.25, 0.3) is 0 Å². The van der Waals surface area contributed by atoms with E-state index in [0.717, 1.165) is 0 Å². The number of methoxy groups -OCH3 is 1. The lowest BCUT2D eigenvalue weighted by Crippen LogP contribution is -2.07. The van der Waals surface area contributed by atoms with Gasteiger partial charge in [0.2, 0.25) is 0 Å². The molecule has 0 amide bonds. The zero-order valence-corrected chi connectivity index (χ0v) is 9.67. The summed E-state index contributed by atoms with van der Waals surface area (Å²) >= 11 is 0. The highest BCUT2D eigenvalue weighted by atomic mass is 32.2. The van der Waals surface area contributed by atoms with Crippen LogP contribution in [-0.4, -0.2) is 29.8 Å². The summed E-state index contributed by atoms with van der Waals surface area (Å²) in [5.74, 6) is -0.521. The van der Waals surface area contributed by atoms with Crippen LogP contribution in [0.3, 0.4) is 0 Å². The molecule has 1 atom stereocenters. The zero-order valence-electron chi connectivity index (χ0n) is 8.85. The van der Waals surface area contributed by atoms with Crippen molar-refractivity contribution in [3.63, 3.8) is 0 Å². The van der Waals surface area contributed by atoms with Gasteiger partial charge in [-0.1, -0.05) is 0 Å². The van der Waals surface area contributed by atoms with Crippen molar-refractivity contribution in [2.24, 2.45) is 0 Å². The fraction of sp³-hybridized carbons (Fsp3) is 0.200. The van der Waals surface area contributed by atoms with E-state index >= 15 is 0 Å². The maximum Gasteiger partial charge on any atom is 0.337 e. The van der Waals surface area contributed by atoms with Crippen LogP contribution in [0.4, 0.5) is 5.69 Å². The van der Waals surface area contributed by atoms with Crippen LogP contribution >= 0.6 is 0 Å². The molecule has 0 aromatic heterocycles. The predicted molar refractivity (Wildman–Crippen MR) is 60.9 cm³/mol. The normalized spacial score (nSPS) is 11.6. The summed E-state index contributed by atoms with van der Waals surface area (Å²) in [5, 5.41) is 0. The van der Waals surface area contributed by atoms with Crippen LogP contribution in [0.5, 0.6) is 0 Å². The van der Waals surface area contributed by atoms with Gasteiger partial charge in [0, 0.05) is 11.8 Å². The molecule has 0 fully saturated rings. The Kier molecular flexibility index (Phi) is 4.19. The van der Waals surface area contributed by atoms with Gasteiger partial charge in [-0.3, -0.25) is 4.79 Å². The van der Waals surface area contributed by atoms with E-state index in [4.69, 9.17) is 0 Å². The van der Waals surface area contributed by atoms with E-state index in [0.29, 0.717) is 12.0 Å². The van der Waals surface area contributed by atoms with Crippen molar-refractivity contribution in [3.05, 3.63) is 29.3 Å². The van der Waals surface area contributed by atoms with Crippen LogP contribution in [-0.2, 0) is 15.7 Å². The Labute approximate surface area is 95.4 Å². The summed E-state index contributed by atoms with van der Waals surface area (Å²) in [4.78, 5) is 22.0. The molecule has 0 aliphatic carbocycles. The molecular weight excluding hydrogens is 230 g/mol. The fourth-order valence-corrected chi connectivity index (χ4v) is 1.65. The molecule has 1 aromatic carbocycles. The number of aldehydes is 1. The third kappa shape index (κ3) is 2.90. The summed E-state index contributed by atoms with van der Waals surface area (Å²) in [6.45, 7) is 0. The van der Waals surface area contributed by atoms with Gasteiger partial charge in [0.25, 0.3) is 0 Å². The fourth-order valence-electron chi connectivity index (χ4n) is 1.15. The first-order chi connectivity index (χ1) is 7.58. The Morgan fingerprint density at radius 3 is 2.69 bits per heavy atom. The third-order valence-corrected chi connectivity index (χ3v) is 2.36. The number of rotatable bonds is 4. The lowest BCUT2D eigenvalue weighted by Gasteiger charge is -2.07. The average Bonchev–Trinajstić information content (AvgIpc) is 2.27. The molecule has 0 heterocycles. The minimum Gasteiger partial charge on any atom is -0.465 e. The molecule has 86 valence electrons. The van der Waals surface area contributed by atoms with Gasteiger partial charge >= 0.3 is 5.97 Å². The van der Waals surface area contributed by atoms with Gasteiger partial charge in [0.1, 0.15) is 11.0 Å². The van der Waals surface area contributed by atoms with E-state index in [-0.39, 0.29) is 11.1 Å². The number of anilines is 1. The summed E-state index contributed by atoms with van der Waals surface area (Å²) in [7, 11) is -0.0125. The first kappa shape index (κ1) is 12.4. The van der Waals surface area contributed by atoms with E-state index in [1.165, 1.54) is 31.6 Å². The standard InChI is InChI=1S/C10H11NO4S/c1-15-10(13)7-3-4-9(11-16(2)14)8(5-7)6-12/h3-6,11H,1-2H3. The predicted octanol–water partition coefficient (Wildman–Crippen LogP) is 0.991. The third-order valence-electron chi connectivity index (χ3n) is 1.85. The topological polar surface area (TPSA) is 72.5 Å². The zero-order chi connectivity index (χ0) is 12.1. The van der Waals surface area contributed by atoms with Crippen LogP contribution < -0.4 is 4.72 Å². The largest absolute Gasteiger partial charge is 0.465 e. The highest BCUT2D eigenvalue weighted by Gasteiger charge is 2.09. The molecule has 16 heavy (non-hydrogen) atoms. The first-order valence-corrected chi connectivity index (χ1v) is 5.92. The number of hydrogen-bond acceptors (Lipinski definition) is 4. The van der Waals surface area contributed by atoms with E-state index in [1.54, 1.807) is 0 Å². The number of ether oxygens (including phenoxy) is 1. The van der Waals surface area contributed by atoms with Crippen molar-refractivity contribution in [2.75, 3.05) is 18.1 Å². The molecule has 0 saturated heterocycles. The van der Waals surface area contributed by atoms with Gasteiger partial charge < -0.3 is 9.46 Å². The Morgan fingerprint density at radius 2 is 2.19 bits per heavy atom. The first-order valence-electron chi connectivity index (χ1n) is 4.36. The second kappa shape index (κ2) is 5.41. The second-order valence-corrected chi connectivity index (χ2v) is 4.08. The van der Waals surface area contributed by atoms with Crippen LogP contribution in [0.15, 0.2) is 18.2 Å². The summed E-state index contributed by atoms with van der Waals surface area (Å²) in [6.07, 6.45) is 2.03. The molecule has 0 saturated carbocycles. The quantitative estimate of drug-likeness (QED) is 0.630. The van der Waals surface area contributed by atoms with E-state index in [9.17, 15) is 13.8 Å². The minimum absolute atomic E-state index is 0.262. The van der Waals surface area contributed by atoms with E-state index < -0.39 is 17.0 Å². The molecule has 1 N–H and O–H groups in total. The van der Waals surface area contributed by atoms with Crippen molar-refractivity contribution >= 4 is 28.9 Å². The molecule has 0 spiro atoms. The number of hydrogen-bond donors (Lipinski definition) is 1. The van der Waals surface area contributed by atoms with Crippen molar-refractivity contribution in [1.82, 2.24) is 0 Å². The highest BCUT2D eigenvalue weighted by molar-refractivity contribution is 7.85. The molecule has 0 aliphatic heterocycles. The number of esters is 1. The van der Waals surface area contributed by atoms with Crippen molar-refractivity contribution in [1.29, 1.82) is 0 Å². The van der Waals surface area contributed by atoms with Crippen molar-refractivity contribution in [3.8, 4) is 0 Å². The molecular formula is C10H11NO4S. The summed E-state index contributed by atoms with van der Waals surface area (Å²) in [6, 6.07) is 4.39. The second-order valence-electron chi connectivity index (χ2n) is 2.97. The van der Waals surface area contributed by atoms with Gasteiger partial charge in [0.05, 0.1) is 18.4 Å². The molecule has 1 unspecified atom stereocenters. The van der Waals surface area contributed by atoms with E-state index in [1.807, 2.05) is 0 Å². The molecule has 1 rings (SSSR count). The van der Waals surface area contributed by atoms with Gasteiger partial charge in [-0.2, -0.15) is 0 Å². The average molecular weight is 241 g/mol. The van der Waals surface area contributed by atoms with Crippen LogP contribution in [0, 0.1) is 0 Å². The smallest absolute Gasteiger partial charge is 0.337 e. The van der Waals surface area contributed by atoms with E-state index in [2.05, 4.69) is 9.46 Å². The lowest BCUT2D eigenvalue weighted by atomic mass is 10.1. The number of carbonyl (C=O) groups is 2. The number of nitrogens with one attached hydrogen (secondary N) is 1. The molecule has 1 aromatic rings. The van der Waals surface area contributed by atoms with Gasteiger partial charge in [-0.15, -0.1) is 0 Å². The Bertz CT molecular complexity index is 444. The Balaban J connectivity index is 3.11. The molecule has 0 radical (unpaired) electrons. The van der Waals surface area contributed by atoms with Crippen molar-refractivity contribution < 1.29 is 18.5 Å². The van der Waals surface area contributed by atoms with Gasteiger partial charge in [-0.25, -0.2) is 9.00 Å². The molecule has 0 bridgehead atoms. The SMILES string of the molecule is COC(=O)c1ccc(NS(C)=O)c(C=O)c1. The number of benzene rings is 1.